The van der Waals surface area contributed by atoms with E-state index >= 15 is 0 Å². The summed E-state index contributed by atoms with van der Waals surface area (Å²) in [6, 6.07) is 14.5. The molecular weight excluding hydrogens is 474 g/mol. The van der Waals surface area contributed by atoms with Crippen LogP contribution in [0.3, 0.4) is 0 Å². The molecule has 32 heavy (non-hydrogen) atoms. The molecule has 2 N–H and O–H groups in total. The largest absolute Gasteiger partial charge is 0.497 e. The number of amides is 1. The van der Waals surface area contributed by atoms with Gasteiger partial charge in [-0.1, -0.05) is 23.7 Å². The van der Waals surface area contributed by atoms with Crippen molar-refractivity contribution in [1.82, 2.24) is 4.83 Å². The Bertz CT molecular complexity index is 1250. The lowest BCUT2D eigenvalue weighted by atomic mass is 10.1. The molecule has 0 unspecified atom stereocenters. The van der Waals surface area contributed by atoms with Gasteiger partial charge in [0.1, 0.15) is 16.4 Å². The van der Waals surface area contributed by atoms with Crippen molar-refractivity contribution in [2.75, 3.05) is 19.5 Å². The molecule has 1 heterocycles. The van der Waals surface area contributed by atoms with Crippen molar-refractivity contribution >= 4 is 50.3 Å². The fourth-order valence-corrected chi connectivity index (χ4v) is 4.61. The van der Waals surface area contributed by atoms with E-state index in [0.29, 0.717) is 31.9 Å². The second-order valence-corrected chi connectivity index (χ2v) is 9.79. The first-order valence-corrected chi connectivity index (χ1v) is 11.9. The van der Waals surface area contributed by atoms with Crippen LogP contribution in [-0.4, -0.2) is 34.3 Å². The summed E-state index contributed by atoms with van der Waals surface area (Å²) >= 11 is 7.05. The quantitative estimate of drug-likeness (QED) is 0.358. The lowest BCUT2D eigenvalue weighted by molar-refractivity contribution is 0.103. The smallest absolute Gasteiger partial charge is 0.280 e. The van der Waals surface area contributed by atoms with Gasteiger partial charge in [-0.15, -0.1) is 11.3 Å². The van der Waals surface area contributed by atoms with Gasteiger partial charge in [-0.2, -0.15) is 18.4 Å². The van der Waals surface area contributed by atoms with Gasteiger partial charge in [0.2, 0.25) is 0 Å². The van der Waals surface area contributed by atoms with E-state index in [0.717, 1.165) is 0 Å². The van der Waals surface area contributed by atoms with Crippen molar-refractivity contribution < 1.29 is 22.7 Å². The van der Waals surface area contributed by atoms with Gasteiger partial charge in [0, 0.05) is 11.8 Å². The Hall–Kier alpha value is -3.08. The minimum absolute atomic E-state index is 0.0657. The second kappa shape index (κ2) is 10.0. The number of carbonyl (C=O) groups excluding carboxylic acids is 1. The summed E-state index contributed by atoms with van der Waals surface area (Å²) in [4.78, 5) is 14.9. The molecule has 168 valence electrons. The molecule has 0 atom stereocenters. The zero-order valence-electron chi connectivity index (χ0n) is 17.4. The SMILES string of the molecule is COc1ccc(S(=O)(=O)NN=C(C)c2ccc(NC(=O)c3ccc(Cl)s3)cc2)c(OC)c1. The molecule has 3 rings (SSSR count). The number of hydrogen-bond acceptors (Lipinski definition) is 7. The lowest BCUT2D eigenvalue weighted by Gasteiger charge is -2.11. The molecule has 8 nitrogen and oxygen atoms in total. The number of nitrogens with one attached hydrogen (secondary N) is 2. The fraction of sp³-hybridized carbons (Fsp3) is 0.143. The molecule has 1 amide bonds. The molecule has 0 aliphatic heterocycles. The third kappa shape index (κ3) is 5.58. The molecule has 3 aromatic rings. The fourth-order valence-electron chi connectivity index (χ4n) is 2.66. The summed E-state index contributed by atoms with van der Waals surface area (Å²) in [5, 5.41) is 6.77. The highest BCUT2D eigenvalue weighted by Crippen LogP contribution is 2.28. The Balaban J connectivity index is 1.71. The second-order valence-electron chi connectivity index (χ2n) is 6.44. The van der Waals surface area contributed by atoms with Gasteiger partial charge in [0.15, 0.2) is 0 Å². The molecule has 0 aliphatic rings. The number of benzene rings is 2. The van der Waals surface area contributed by atoms with Gasteiger partial charge in [-0.05, 0) is 48.9 Å². The highest BCUT2D eigenvalue weighted by molar-refractivity contribution is 7.89. The molecule has 0 spiro atoms. The van der Waals surface area contributed by atoms with Crippen molar-refractivity contribution in [1.29, 1.82) is 0 Å². The first-order chi connectivity index (χ1) is 15.2. The summed E-state index contributed by atoms with van der Waals surface area (Å²) in [7, 11) is -1.12. The van der Waals surface area contributed by atoms with E-state index in [1.165, 1.54) is 43.8 Å². The molecule has 11 heteroatoms. The van der Waals surface area contributed by atoms with Crippen LogP contribution >= 0.6 is 22.9 Å². The number of hydrogen-bond donors (Lipinski definition) is 2. The average Bonchev–Trinajstić information content (AvgIpc) is 3.24. The number of thiophene rings is 1. The Morgan fingerprint density at radius 1 is 1.03 bits per heavy atom. The summed E-state index contributed by atoms with van der Waals surface area (Å²) in [6.07, 6.45) is 0. The van der Waals surface area contributed by atoms with E-state index in [1.807, 2.05) is 0 Å². The zero-order valence-corrected chi connectivity index (χ0v) is 19.8. The monoisotopic (exact) mass is 493 g/mol. The molecule has 1 aromatic heterocycles. The van der Waals surface area contributed by atoms with Gasteiger partial charge in [-0.25, -0.2) is 0 Å². The summed E-state index contributed by atoms with van der Waals surface area (Å²) in [6.45, 7) is 1.66. The number of carbonyl (C=O) groups is 1. The molecule has 0 saturated heterocycles. The van der Waals surface area contributed by atoms with Gasteiger partial charge < -0.3 is 14.8 Å². The zero-order chi connectivity index (χ0) is 23.3. The average molecular weight is 494 g/mol. The Labute approximate surface area is 194 Å². The number of rotatable bonds is 8. The summed E-state index contributed by atoms with van der Waals surface area (Å²) in [5.74, 6) is 0.341. The van der Waals surface area contributed by atoms with Crippen LogP contribution in [0.4, 0.5) is 5.69 Å². The van der Waals surface area contributed by atoms with Gasteiger partial charge in [-0.3, -0.25) is 4.79 Å². The number of sulfonamides is 1. The summed E-state index contributed by atoms with van der Waals surface area (Å²) in [5.41, 5.74) is 1.69. The number of halogens is 1. The Morgan fingerprint density at radius 2 is 1.75 bits per heavy atom. The van der Waals surface area contributed by atoms with Crippen LogP contribution in [0.2, 0.25) is 4.34 Å². The van der Waals surface area contributed by atoms with Crippen LogP contribution in [0.15, 0.2) is 64.6 Å². The molecule has 0 saturated carbocycles. The number of hydrazone groups is 1. The van der Waals surface area contributed by atoms with Gasteiger partial charge in [0.05, 0.1) is 29.1 Å². The van der Waals surface area contributed by atoms with Crippen molar-refractivity contribution in [2.24, 2.45) is 5.10 Å². The van der Waals surface area contributed by atoms with Crippen molar-refractivity contribution in [3.63, 3.8) is 0 Å². The summed E-state index contributed by atoms with van der Waals surface area (Å²) < 4.78 is 36.1. The molecule has 2 aromatic carbocycles. The first kappa shape index (κ1) is 23.6. The number of nitrogens with zero attached hydrogens (tertiary/aromatic N) is 1. The van der Waals surface area contributed by atoms with E-state index in [-0.39, 0.29) is 16.6 Å². The van der Waals surface area contributed by atoms with E-state index < -0.39 is 10.0 Å². The maximum atomic E-state index is 12.7. The van der Waals surface area contributed by atoms with Crippen LogP contribution in [0.25, 0.3) is 0 Å². The minimum Gasteiger partial charge on any atom is -0.497 e. The van der Waals surface area contributed by atoms with Crippen LogP contribution in [0, 0.1) is 0 Å². The predicted octanol–water partition coefficient (Wildman–Crippen LogP) is 4.37. The van der Waals surface area contributed by atoms with E-state index in [2.05, 4.69) is 15.2 Å². The number of methoxy groups -OCH3 is 2. The van der Waals surface area contributed by atoms with Crippen LogP contribution in [0.5, 0.6) is 11.5 Å². The Kier molecular flexibility index (Phi) is 7.39. The molecule has 0 aliphatic carbocycles. The minimum atomic E-state index is -3.97. The lowest BCUT2D eigenvalue weighted by Crippen LogP contribution is -2.20. The van der Waals surface area contributed by atoms with Crippen LogP contribution in [-0.2, 0) is 10.0 Å². The van der Waals surface area contributed by atoms with Crippen molar-refractivity contribution in [3.05, 3.63) is 69.4 Å². The highest BCUT2D eigenvalue weighted by atomic mass is 35.5. The highest BCUT2D eigenvalue weighted by Gasteiger charge is 2.20. The maximum absolute atomic E-state index is 12.7. The Morgan fingerprint density at radius 3 is 2.34 bits per heavy atom. The molecule has 0 bridgehead atoms. The standard InChI is InChI=1S/C21H20ClN3O5S2/c1-13(24-25-32(27,28)19-10-8-16(29-2)12-17(19)30-3)14-4-6-15(7-5-14)23-21(26)18-9-11-20(22)31-18/h4-12,25H,1-3H3,(H,23,26). The normalized spacial score (nSPS) is 11.7. The number of anilines is 1. The number of ether oxygens (including phenoxy) is 2. The van der Waals surface area contributed by atoms with Gasteiger partial charge >= 0.3 is 0 Å². The van der Waals surface area contributed by atoms with Crippen LogP contribution < -0.4 is 19.6 Å². The first-order valence-electron chi connectivity index (χ1n) is 9.18. The van der Waals surface area contributed by atoms with Crippen molar-refractivity contribution in [3.8, 4) is 11.5 Å². The van der Waals surface area contributed by atoms with Crippen LogP contribution in [0.1, 0.15) is 22.2 Å². The maximum Gasteiger partial charge on any atom is 0.280 e. The third-order valence-corrected chi connectivity index (χ3v) is 6.83. The topological polar surface area (TPSA) is 106 Å². The van der Waals surface area contributed by atoms with Gasteiger partial charge in [0.25, 0.3) is 15.9 Å². The third-order valence-electron chi connectivity index (χ3n) is 4.35. The van der Waals surface area contributed by atoms with E-state index in [1.54, 1.807) is 43.3 Å². The van der Waals surface area contributed by atoms with Crippen molar-refractivity contribution in [2.45, 2.75) is 11.8 Å². The molecular formula is C21H20ClN3O5S2. The predicted molar refractivity (Wildman–Crippen MR) is 126 cm³/mol. The van der Waals surface area contributed by atoms with E-state index in [4.69, 9.17) is 21.1 Å². The van der Waals surface area contributed by atoms with E-state index in [9.17, 15) is 13.2 Å². The molecule has 0 radical (unpaired) electrons. The molecule has 0 fully saturated rings.